The zero-order valence-corrected chi connectivity index (χ0v) is 21.2. The molecule has 2 amide bonds. The molecule has 0 unspecified atom stereocenters. The number of rotatable bonds is 11. The van der Waals surface area contributed by atoms with Gasteiger partial charge in [-0.2, -0.15) is 0 Å². The van der Waals surface area contributed by atoms with Crippen molar-refractivity contribution in [3.05, 3.63) is 63.6 Å². The van der Waals surface area contributed by atoms with E-state index in [4.69, 9.17) is 27.9 Å². The quantitative estimate of drug-likeness (QED) is 0.441. The van der Waals surface area contributed by atoms with E-state index in [0.29, 0.717) is 21.4 Å². The zero-order valence-electron chi connectivity index (χ0n) is 18.9. The summed E-state index contributed by atoms with van der Waals surface area (Å²) in [6.45, 7) is 5.83. The van der Waals surface area contributed by atoms with Crippen LogP contribution in [-0.2, 0) is 21.9 Å². The molecule has 0 radical (unpaired) electrons. The molecular formula is C24H30Cl2N2O3S. The average Bonchev–Trinajstić information content (AvgIpc) is 2.78. The summed E-state index contributed by atoms with van der Waals surface area (Å²) >= 11 is 14.2. The van der Waals surface area contributed by atoms with Crippen molar-refractivity contribution in [1.82, 2.24) is 10.2 Å². The number of halogens is 2. The molecule has 0 aliphatic carbocycles. The SMILES string of the molecule is CC[C@H](C)NC(=O)[C@H](C)N(Cc1c(Cl)cccc1Cl)C(=O)CSCc1ccc(OC)cc1. The van der Waals surface area contributed by atoms with Crippen molar-refractivity contribution in [2.24, 2.45) is 0 Å². The molecule has 2 rings (SSSR count). The number of nitrogens with zero attached hydrogens (tertiary/aromatic N) is 1. The molecule has 0 aliphatic heterocycles. The Hall–Kier alpha value is -1.89. The normalized spacial score (nSPS) is 12.7. The molecule has 2 atom stereocenters. The molecule has 0 bridgehead atoms. The van der Waals surface area contributed by atoms with Crippen LogP contribution >= 0.6 is 35.0 Å². The van der Waals surface area contributed by atoms with Gasteiger partial charge in [0, 0.05) is 33.9 Å². The number of nitrogens with one attached hydrogen (secondary N) is 1. The average molecular weight is 497 g/mol. The number of carbonyl (C=O) groups is 2. The van der Waals surface area contributed by atoms with E-state index in [1.165, 1.54) is 11.8 Å². The van der Waals surface area contributed by atoms with Crippen molar-refractivity contribution in [3.63, 3.8) is 0 Å². The minimum Gasteiger partial charge on any atom is -0.497 e. The van der Waals surface area contributed by atoms with Crippen molar-refractivity contribution < 1.29 is 14.3 Å². The fourth-order valence-electron chi connectivity index (χ4n) is 2.96. The number of carbonyl (C=O) groups excluding carboxylic acids is 2. The van der Waals surface area contributed by atoms with Gasteiger partial charge in [-0.25, -0.2) is 0 Å². The minimum absolute atomic E-state index is 0.0234. The van der Waals surface area contributed by atoms with E-state index in [0.717, 1.165) is 17.7 Å². The zero-order chi connectivity index (χ0) is 23.7. The third-order valence-corrected chi connectivity index (χ3v) is 6.91. The van der Waals surface area contributed by atoms with Gasteiger partial charge >= 0.3 is 0 Å². The number of thioether (sulfide) groups is 1. The van der Waals surface area contributed by atoms with Gasteiger partial charge in [-0.3, -0.25) is 9.59 Å². The number of methoxy groups -OCH3 is 1. The fourth-order valence-corrected chi connectivity index (χ4v) is 4.35. The topological polar surface area (TPSA) is 58.6 Å². The van der Waals surface area contributed by atoms with Crippen LogP contribution < -0.4 is 10.1 Å². The predicted octanol–water partition coefficient (Wildman–Crippen LogP) is 5.57. The van der Waals surface area contributed by atoms with Gasteiger partial charge in [-0.05, 0) is 50.1 Å². The van der Waals surface area contributed by atoms with Crippen molar-refractivity contribution in [2.45, 2.75) is 51.6 Å². The molecule has 174 valence electrons. The number of hydrogen-bond acceptors (Lipinski definition) is 4. The number of benzene rings is 2. The monoisotopic (exact) mass is 496 g/mol. The molecule has 32 heavy (non-hydrogen) atoms. The van der Waals surface area contributed by atoms with Gasteiger partial charge < -0.3 is 15.0 Å². The summed E-state index contributed by atoms with van der Waals surface area (Å²) in [5.41, 5.74) is 1.72. The molecule has 0 heterocycles. The Balaban J connectivity index is 2.12. The second-order valence-electron chi connectivity index (χ2n) is 7.56. The van der Waals surface area contributed by atoms with Gasteiger partial charge in [0.05, 0.1) is 12.9 Å². The summed E-state index contributed by atoms with van der Waals surface area (Å²) < 4.78 is 5.18. The van der Waals surface area contributed by atoms with Crippen LogP contribution in [-0.4, -0.2) is 41.7 Å². The Bertz CT molecular complexity index is 888. The third-order valence-electron chi connectivity index (χ3n) is 5.21. The van der Waals surface area contributed by atoms with Crippen LogP contribution in [0.5, 0.6) is 5.75 Å². The molecule has 0 aromatic heterocycles. The Labute approximate surface area is 204 Å². The van der Waals surface area contributed by atoms with Crippen LogP contribution in [0.1, 0.15) is 38.3 Å². The molecule has 8 heteroatoms. The summed E-state index contributed by atoms with van der Waals surface area (Å²) in [6, 6.07) is 12.3. The second-order valence-corrected chi connectivity index (χ2v) is 9.36. The first kappa shape index (κ1) is 26.4. The van der Waals surface area contributed by atoms with E-state index in [1.807, 2.05) is 38.1 Å². The summed E-state index contributed by atoms with van der Waals surface area (Å²) in [4.78, 5) is 27.5. The van der Waals surface area contributed by atoms with Gasteiger partial charge in [0.2, 0.25) is 11.8 Å². The van der Waals surface area contributed by atoms with Crippen molar-refractivity contribution in [3.8, 4) is 5.75 Å². The highest BCUT2D eigenvalue weighted by Gasteiger charge is 2.27. The lowest BCUT2D eigenvalue weighted by molar-refractivity contribution is -0.138. The molecule has 5 nitrogen and oxygen atoms in total. The molecule has 2 aromatic carbocycles. The van der Waals surface area contributed by atoms with E-state index >= 15 is 0 Å². The highest BCUT2D eigenvalue weighted by Crippen LogP contribution is 2.27. The smallest absolute Gasteiger partial charge is 0.242 e. The standard InChI is InChI=1S/C24H30Cl2N2O3S/c1-5-16(2)27-24(30)17(3)28(13-20-21(25)7-6-8-22(20)26)23(29)15-32-14-18-9-11-19(31-4)12-10-18/h6-12,16-17H,5,13-15H2,1-4H3,(H,27,30)/t16-,17-/m0/s1. The predicted molar refractivity (Wildman–Crippen MR) is 134 cm³/mol. The van der Waals surface area contributed by atoms with Gasteiger partial charge in [-0.15, -0.1) is 11.8 Å². The van der Waals surface area contributed by atoms with Crippen molar-refractivity contribution >= 4 is 46.8 Å². The maximum absolute atomic E-state index is 13.2. The van der Waals surface area contributed by atoms with Crippen LogP contribution in [0, 0.1) is 0 Å². The molecule has 1 N–H and O–H groups in total. The first-order chi connectivity index (χ1) is 15.3. The molecular weight excluding hydrogens is 467 g/mol. The van der Waals surface area contributed by atoms with E-state index < -0.39 is 6.04 Å². The second kappa shape index (κ2) is 13.0. The molecule has 2 aromatic rings. The van der Waals surface area contributed by atoms with E-state index in [-0.39, 0.29) is 30.2 Å². The molecule has 0 fully saturated rings. The highest BCUT2D eigenvalue weighted by molar-refractivity contribution is 7.99. The van der Waals surface area contributed by atoms with Crippen LogP contribution in [0.2, 0.25) is 10.0 Å². The maximum atomic E-state index is 13.2. The fraction of sp³-hybridized carbons (Fsp3) is 0.417. The number of ether oxygens (including phenoxy) is 1. The maximum Gasteiger partial charge on any atom is 0.242 e. The summed E-state index contributed by atoms with van der Waals surface area (Å²) in [5, 5.41) is 3.89. The molecule has 0 aliphatic rings. The van der Waals surface area contributed by atoms with E-state index in [2.05, 4.69) is 5.32 Å². The van der Waals surface area contributed by atoms with Gasteiger partial charge in [0.15, 0.2) is 0 Å². The Morgan fingerprint density at radius 1 is 1.09 bits per heavy atom. The van der Waals surface area contributed by atoms with Gasteiger partial charge in [0.1, 0.15) is 11.8 Å². The molecule has 0 saturated heterocycles. The van der Waals surface area contributed by atoms with Crippen LogP contribution in [0.15, 0.2) is 42.5 Å². The van der Waals surface area contributed by atoms with Crippen molar-refractivity contribution in [1.29, 1.82) is 0 Å². The molecule has 0 saturated carbocycles. The summed E-state index contributed by atoms with van der Waals surface area (Å²) in [6.07, 6.45) is 0.806. The van der Waals surface area contributed by atoms with Gasteiger partial charge in [0.25, 0.3) is 0 Å². The number of amides is 2. The lowest BCUT2D eigenvalue weighted by atomic mass is 10.1. The third kappa shape index (κ3) is 7.61. The largest absolute Gasteiger partial charge is 0.497 e. The van der Waals surface area contributed by atoms with Gasteiger partial charge in [-0.1, -0.05) is 48.3 Å². The highest BCUT2D eigenvalue weighted by atomic mass is 35.5. The Kier molecular flexibility index (Phi) is 10.7. The van der Waals surface area contributed by atoms with Crippen LogP contribution in [0.4, 0.5) is 0 Å². The van der Waals surface area contributed by atoms with Crippen molar-refractivity contribution in [2.75, 3.05) is 12.9 Å². The summed E-state index contributed by atoms with van der Waals surface area (Å²) in [7, 11) is 1.63. The van der Waals surface area contributed by atoms with E-state index in [1.54, 1.807) is 37.1 Å². The first-order valence-corrected chi connectivity index (χ1v) is 12.4. The van der Waals surface area contributed by atoms with E-state index in [9.17, 15) is 9.59 Å². The Morgan fingerprint density at radius 2 is 1.72 bits per heavy atom. The lowest BCUT2D eigenvalue weighted by Crippen LogP contribution is -2.50. The Morgan fingerprint density at radius 3 is 2.28 bits per heavy atom. The lowest BCUT2D eigenvalue weighted by Gasteiger charge is -2.30. The summed E-state index contributed by atoms with van der Waals surface area (Å²) in [5.74, 6) is 1.35. The van der Waals surface area contributed by atoms with Crippen LogP contribution in [0.25, 0.3) is 0 Å². The molecule has 0 spiro atoms. The first-order valence-electron chi connectivity index (χ1n) is 10.5. The minimum atomic E-state index is -0.662. The number of hydrogen-bond donors (Lipinski definition) is 1. The van der Waals surface area contributed by atoms with Crippen LogP contribution in [0.3, 0.4) is 0 Å².